The molecule has 0 radical (unpaired) electrons. The Kier molecular flexibility index (Phi) is 3.67. The van der Waals surface area contributed by atoms with Gasteiger partial charge >= 0.3 is 0 Å². The Hall–Kier alpha value is -1.09. The van der Waals surface area contributed by atoms with Crippen molar-refractivity contribution in [3.8, 4) is 0 Å². The SMILES string of the molecule is CCC1CCN(c2ccc(F)cc2[C@H](C)N)C1. The molecule has 0 spiro atoms. The monoisotopic (exact) mass is 236 g/mol. The van der Waals surface area contributed by atoms with Gasteiger partial charge in [0.25, 0.3) is 0 Å². The van der Waals surface area contributed by atoms with Crippen LogP contribution in [0.15, 0.2) is 18.2 Å². The number of anilines is 1. The number of nitrogens with zero attached hydrogens (tertiary/aromatic N) is 1. The Morgan fingerprint density at radius 2 is 2.29 bits per heavy atom. The van der Waals surface area contributed by atoms with Crippen LogP contribution in [0.4, 0.5) is 10.1 Å². The maximum Gasteiger partial charge on any atom is 0.123 e. The van der Waals surface area contributed by atoms with Gasteiger partial charge in [0, 0.05) is 24.8 Å². The summed E-state index contributed by atoms with van der Waals surface area (Å²) in [4.78, 5) is 2.34. The van der Waals surface area contributed by atoms with Gasteiger partial charge in [0.15, 0.2) is 0 Å². The number of nitrogens with two attached hydrogens (primary N) is 1. The smallest absolute Gasteiger partial charge is 0.123 e. The van der Waals surface area contributed by atoms with Crippen LogP contribution in [0.5, 0.6) is 0 Å². The van der Waals surface area contributed by atoms with Crippen molar-refractivity contribution in [3.63, 3.8) is 0 Å². The number of hydrogen-bond donors (Lipinski definition) is 1. The summed E-state index contributed by atoms with van der Waals surface area (Å²) in [5.74, 6) is 0.563. The quantitative estimate of drug-likeness (QED) is 0.874. The van der Waals surface area contributed by atoms with E-state index >= 15 is 0 Å². The van der Waals surface area contributed by atoms with E-state index in [1.807, 2.05) is 13.0 Å². The maximum atomic E-state index is 13.3. The molecule has 0 amide bonds. The fourth-order valence-corrected chi connectivity index (χ4v) is 2.56. The first-order valence-corrected chi connectivity index (χ1v) is 6.41. The topological polar surface area (TPSA) is 29.3 Å². The zero-order chi connectivity index (χ0) is 12.4. The van der Waals surface area contributed by atoms with E-state index in [0.29, 0.717) is 0 Å². The Labute approximate surface area is 103 Å². The largest absolute Gasteiger partial charge is 0.371 e. The predicted molar refractivity (Wildman–Crippen MR) is 69.6 cm³/mol. The van der Waals surface area contributed by atoms with E-state index in [1.165, 1.54) is 18.9 Å². The average molecular weight is 236 g/mol. The second-order valence-corrected chi connectivity index (χ2v) is 5.00. The van der Waals surface area contributed by atoms with Gasteiger partial charge in [0.2, 0.25) is 0 Å². The van der Waals surface area contributed by atoms with Gasteiger partial charge in [-0.2, -0.15) is 0 Å². The van der Waals surface area contributed by atoms with Gasteiger partial charge in [-0.05, 0) is 43.0 Å². The minimum atomic E-state index is -0.202. The number of halogens is 1. The van der Waals surface area contributed by atoms with Crippen LogP contribution in [0, 0.1) is 11.7 Å². The van der Waals surface area contributed by atoms with Crippen molar-refractivity contribution in [3.05, 3.63) is 29.6 Å². The molecule has 17 heavy (non-hydrogen) atoms. The summed E-state index contributed by atoms with van der Waals surface area (Å²) in [7, 11) is 0. The average Bonchev–Trinajstić information content (AvgIpc) is 2.77. The fraction of sp³-hybridized carbons (Fsp3) is 0.571. The lowest BCUT2D eigenvalue weighted by Crippen LogP contribution is -2.22. The first-order chi connectivity index (χ1) is 8.11. The predicted octanol–water partition coefficient (Wildman–Crippen LogP) is 3.08. The Balaban J connectivity index is 2.26. The minimum Gasteiger partial charge on any atom is -0.371 e. The number of rotatable bonds is 3. The van der Waals surface area contributed by atoms with Crippen LogP contribution in [0.1, 0.15) is 38.3 Å². The molecule has 2 rings (SSSR count). The molecule has 1 aromatic rings. The zero-order valence-electron chi connectivity index (χ0n) is 10.6. The molecule has 0 saturated carbocycles. The van der Waals surface area contributed by atoms with Crippen molar-refractivity contribution in [1.29, 1.82) is 0 Å². The van der Waals surface area contributed by atoms with Gasteiger partial charge in [-0.15, -0.1) is 0 Å². The summed E-state index contributed by atoms with van der Waals surface area (Å²) in [6.45, 7) is 6.27. The van der Waals surface area contributed by atoms with E-state index in [-0.39, 0.29) is 11.9 Å². The second kappa shape index (κ2) is 5.05. The van der Waals surface area contributed by atoms with Crippen molar-refractivity contribution in [2.75, 3.05) is 18.0 Å². The molecule has 0 aliphatic carbocycles. The third-order valence-corrected chi connectivity index (χ3v) is 3.68. The van der Waals surface area contributed by atoms with Crippen LogP contribution >= 0.6 is 0 Å². The van der Waals surface area contributed by atoms with E-state index < -0.39 is 0 Å². The fourth-order valence-electron chi connectivity index (χ4n) is 2.56. The van der Waals surface area contributed by atoms with Crippen LogP contribution in [0.25, 0.3) is 0 Å². The molecule has 2 atom stereocenters. The third-order valence-electron chi connectivity index (χ3n) is 3.68. The Morgan fingerprint density at radius 1 is 1.53 bits per heavy atom. The standard InChI is InChI=1S/C14H21FN2/c1-3-11-6-7-17(9-11)14-5-4-12(15)8-13(14)10(2)16/h4-5,8,10-11H,3,6-7,9,16H2,1-2H3/t10-,11?/m0/s1. The van der Waals surface area contributed by atoms with Crippen LogP contribution in [-0.4, -0.2) is 13.1 Å². The summed E-state index contributed by atoms with van der Waals surface area (Å²) in [6.07, 6.45) is 2.44. The van der Waals surface area contributed by atoms with Crippen molar-refractivity contribution in [2.45, 2.75) is 32.7 Å². The van der Waals surface area contributed by atoms with E-state index in [4.69, 9.17) is 5.73 Å². The van der Waals surface area contributed by atoms with E-state index in [2.05, 4.69) is 11.8 Å². The number of benzene rings is 1. The molecule has 1 fully saturated rings. The highest BCUT2D eigenvalue weighted by molar-refractivity contribution is 5.55. The Bertz CT molecular complexity index is 390. The molecule has 1 aromatic carbocycles. The first kappa shape index (κ1) is 12.4. The maximum absolute atomic E-state index is 13.3. The lowest BCUT2D eigenvalue weighted by atomic mass is 10.1. The minimum absolute atomic E-state index is 0.124. The summed E-state index contributed by atoms with van der Waals surface area (Å²) >= 11 is 0. The summed E-state index contributed by atoms with van der Waals surface area (Å²) in [6, 6.07) is 4.84. The van der Waals surface area contributed by atoms with Gasteiger partial charge in [-0.25, -0.2) is 4.39 Å². The molecule has 2 nitrogen and oxygen atoms in total. The first-order valence-electron chi connectivity index (χ1n) is 6.41. The Morgan fingerprint density at radius 3 is 2.88 bits per heavy atom. The lowest BCUT2D eigenvalue weighted by Gasteiger charge is -2.23. The van der Waals surface area contributed by atoms with Crippen molar-refractivity contribution < 1.29 is 4.39 Å². The van der Waals surface area contributed by atoms with E-state index in [0.717, 1.165) is 30.3 Å². The molecule has 3 heteroatoms. The zero-order valence-corrected chi connectivity index (χ0v) is 10.6. The highest BCUT2D eigenvalue weighted by Crippen LogP contribution is 2.31. The summed E-state index contributed by atoms with van der Waals surface area (Å²) < 4.78 is 13.3. The van der Waals surface area contributed by atoms with Crippen molar-refractivity contribution in [1.82, 2.24) is 0 Å². The van der Waals surface area contributed by atoms with Crippen LogP contribution < -0.4 is 10.6 Å². The molecule has 2 N–H and O–H groups in total. The summed E-state index contributed by atoms with van der Waals surface area (Å²) in [5, 5.41) is 0. The van der Waals surface area contributed by atoms with E-state index in [9.17, 15) is 4.39 Å². The highest BCUT2D eigenvalue weighted by atomic mass is 19.1. The molecular weight excluding hydrogens is 215 g/mol. The van der Waals surface area contributed by atoms with Gasteiger partial charge in [-0.1, -0.05) is 13.3 Å². The van der Waals surface area contributed by atoms with Gasteiger partial charge in [0.1, 0.15) is 5.82 Å². The van der Waals surface area contributed by atoms with Crippen LogP contribution in [-0.2, 0) is 0 Å². The van der Waals surface area contributed by atoms with Crippen LogP contribution in [0.3, 0.4) is 0 Å². The lowest BCUT2D eigenvalue weighted by molar-refractivity contribution is 0.568. The molecular formula is C14H21FN2. The molecule has 1 aliphatic heterocycles. The number of hydrogen-bond acceptors (Lipinski definition) is 2. The van der Waals surface area contributed by atoms with Crippen molar-refractivity contribution in [2.24, 2.45) is 11.7 Å². The molecule has 1 saturated heterocycles. The summed E-state index contributed by atoms with van der Waals surface area (Å²) in [5.41, 5.74) is 7.95. The normalized spacial score (nSPS) is 21.9. The molecule has 94 valence electrons. The second-order valence-electron chi connectivity index (χ2n) is 5.00. The van der Waals surface area contributed by atoms with Crippen molar-refractivity contribution >= 4 is 5.69 Å². The highest BCUT2D eigenvalue weighted by Gasteiger charge is 2.23. The van der Waals surface area contributed by atoms with Gasteiger partial charge < -0.3 is 10.6 Å². The van der Waals surface area contributed by atoms with Crippen LogP contribution in [0.2, 0.25) is 0 Å². The molecule has 0 aromatic heterocycles. The molecule has 1 aliphatic rings. The molecule has 1 heterocycles. The van der Waals surface area contributed by atoms with E-state index in [1.54, 1.807) is 6.07 Å². The third kappa shape index (κ3) is 2.60. The molecule has 0 bridgehead atoms. The van der Waals surface area contributed by atoms with Gasteiger partial charge in [0.05, 0.1) is 0 Å². The molecule has 1 unspecified atom stereocenters. The van der Waals surface area contributed by atoms with Gasteiger partial charge in [-0.3, -0.25) is 0 Å².